The van der Waals surface area contributed by atoms with E-state index in [4.69, 9.17) is 4.74 Å². The monoisotopic (exact) mass is 436 g/mol. The molecule has 4 aromatic rings. The summed E-state index contributed by atoms with van der Waals surface area (Å²) in [6.07, 6.45) is 1.77. The molecule has 1 amide bonds. The number of imidazole rings is 1. The van der Waals surface area contributed by atoms with Gasteiger partial charge in [-0.3, -0.25) is 4.79 Å². The normalized spacial score (nSPS) is 11.3. The van der Waals surface area contributed by atoms with Gasteiger partial charge in [0.25, 0.3) is 5.91 Å². The molecule has 1 aromatic heterocycles. The first kappa shape index (κ1) is 21.8. The molecule has 164 valence electrons. The van der Waals surface area contributed by atoms with E-state index < -0.39 is 0 Å². The summed E-state index contributed by atoms with van der Waals surface area (Å²) in [6, 6.07) is 21.1. The van der Waals surface area contributed by atoms with Gasteiger partial charge >= 0.3 is 0 Å². The number of allylic oxidation sites excluding steroid dienone is 1. The number of anilines is 1. The Morgan fingerprint density at radius 3 is 2.45 bits per heavy atom. The van der Waals surface area contributed by atoms with Crippen molar-refractivity contribution in [2.45, 2.75) is 20.8 Å². The SMILES string of the molecule is Cc1ccc(NC(=O)COc2ccc(/C=C(\C#N)c3nc4cc(C)c(C)cc4[nH]3)cc2)cc1. The average Bonchev–Trinajstić information content (AvgIpc) is 3.21. The number of amides is 1. The first-order chi connectivity index (χ1) is 15.9. The zero-order chi connectivity index (χ0) is 23.4. The van der Waals surface area contributed by atoms with Crippen molar-refractivity contribution in [2.24, 2.45) is 0 Å². The summed E-state index contributed by atoms with van der Waals surface area (Å²) in [6.45, 7) is 5.99. The predicted octanol–water partition coefficient (Wildman–Crippen LogP) is 5.57. The van der Waals surface area contributed by atoms with E-state index in [2.05, 4.69) is 21.4 Å². The number of benzene rings is 3. The smallest absolute Gasteiger partial charge is 0.262 e. The molecule has 0 bridgehead atoms. The number of nitrogens with zero attached hydrogens (tertiary/aromatic N) is 2. The van der Waals surface area contributed by atoms with E-state index in [9.17, 15) is 10.1 Å². The summed E-state index contributed by atoms with van der Waals surface area (Å²) in [5, 5.41) is 12.5. The Kier molecular flexibility index (Phi) is 6.23. The van der Waals surface area contributed by atoms with Crippen molar-refractivity contribution in [3.05, 3.63) is 88.7 Å². The van der Waals surface area contributed by atoms with Gasteiger partial charge in [0, 0.05) is 5.69 Å². The van der Waals surface area contributed by atoms with Crippen LogP contribution in [-0.4, -0.2) is 22.5 Å². The molecule has 1 heterocycles. The largest absolute Gasteiger partial charge is 0.484 e. The van der Waals surface area contributed by atoms with Crippen molar-refractivity contribution in [2.75, 3.05) is 11.9 Å². The van der Waals surface area contributed by atoms with Gasteiger partial charge in [-0.1, -0.05) is 29.8 Å². The third kappa shape index (κ3) is 5.28. The quantitative estimate of drug-likeness (QED) is 0.387. The number of rotatable bonds is 6. The minimum absolute atomic E-state index is 0.0929. The molecule has 0 atom stereocenters. The molecular weight excluding hydrogens is 412 g/mol. The van der Waals surface area contributed by atoms with Crippen LogP contribution in [0, 0.1) is 32.1 Å². The van der Waals surface area contributed by atoms with Crippen molar-refractivity contribution in [1.82, 2.24) is 9.97 Å². The molecular formula is C27H24N4O2. The summed E-state index contributed by atoms with van der Waals surface area (Å²) in [7, 11) is 0. The summed E-state index contributed by atoms with van der Waals surface area (Å²) in [4.78, 5) is 19.9. The fourth-order valence-corrected chi connectivity index (χ4v) is 3.36. The van der Waals surface area contributed by atoms with Crippen LogP contribution in [0.4, 0.5) is 5.69 Å². The molecule has 2 N–H and O–H groups in total. The number of aromatic nitrogens is 2. The lowest BCUT2D eigenvalue weighted by Crippen LogP contribution is -2.20. The topological polar surface area (TPSA) is 90.8 Å². The Hall–Kier alpha value is -4.37. The van der Waals surface area contributed by atoms with Gasteiger partial charge in [0.2, 0.25) is 0 Å². The van der Waals surface area contributed by atoms with E-state index in [1.165, 1.54) is 5.56 Å². The number of fused-ring (bicyclic) bond motifs is 1. The van der Waals surface area contributed by atoms with Crippen LogP contribution in [0.15, 0.2) is 60.7 Å². The number of nitrogens with one attached hydrogen (secondary N) is 2. The van der Waals surface area contributed by atoms with E-state index in [1.54, 1.807) is 18.2 Å². The minimum atomic E-state index is -0.232. The molecule has 0 fully saturated rings. The van der Waals surface area contributed by atoms with E-state index in [0.29, 0.717) is 17.1 Å². The van der Waals surface area contributed by atoms with Gasteiger partial charge < -0.3 is 15.0 Å². The highest BCUT2D eigenvalue weighted by molar-refractivity contribution is 5.92. The predicted molar refractivity (Wildman–Crippen MR) is 131 cm³/mol. The van der Waals surface area contributed by atoms with Crippen LogP contribution in [0.3, 0.4) is 0 Å². The number of hydrogen-bond donors (Lipinski definition) is 2. The highest BCUT2D eigenvalue weighted by atomic mass is 16.5. The highest BCUT2D eigenvalue weighted by Gasteiger charge is 2.10. The standard InChI is InChI=1S/C27H24N4O2/c1-17-4-8-22(9-5-17)29-26(32)16-33-23-10-6-20(7-11-23)14-21(15-28)27-30-24-12-18(2)19(3)13-25(24)31-27/h4-14H,16H2,1-3H3,(H,29,32)(H,30,31)/b21-14+. The van der Waals surface area contributed by atoms with Gasteiger partial charge in [0.05, 0.1) is 16.6 Å². The molecule has 4 rings (SSSR count). The lowest BCUT2D eigenvalue weighted by molar-refractivity contribution is -0.118. The average molecular weight is 437 g/mol. The molecule has 0 aliphatic heterocycles. The van der Waals surface area contributed by atoms with E-state index >= 15 is 0 Å². The number of aromatic amines is 1. The number of hydrogen-bond acceptors (Lipinski definition) is 4. The van der Waals surface area contributed by atoms with Crippen LogP contribution in [0.1, 0.15) is 28.1 Å². The molecule has 0 aliphatic carbocycles. The van der Waals surface area contributed by atoms with Gasteiger partial charge in [-0.05, 0) is 79.9 Å². The Balaban J connectivity index is 1.42. The molecule has 0 unspecified atom stereocenters. The molecule has 3 aromatic carbocycles. The zero-order valence-electron chi connectivity index (χ0n) is 18.8. The summed E-state index contributed by atoms with van der Waals surface area (Å²) >= 11 is 0. The molecule has 6 nitrogen and oxygen atoms in total. The van der Waals surface area contributed by atoms with Gasteiger partial charge in [-0.2, -0.15) is 5.26 Å². The lowest BCUT2D eigenvalue weighted by atomic mass is 10.1. The van der Waals surface area contributed by atoms with E-state index in [1.807, 2.05) is 69.3 Å². The number of carbonyl (C=O) groups excluding carboxylic acids is 1. The third-order valence-corrected chi connectivity index (χ3v) is 5.37. The van der Waals surface area contributed by atoms with Crippen LogP contribution in [-0.2, 0) is 4.79 Å². The number of H-pyrrole nitrogens is 1. The first-order valence-corrected chi connectivity index (χ1v) is 10.6. The van der Waals surface area contributed by atoms with Crippen LogP contribution in [0.25, 0.3) is 22.7 Å². The fourth-order valence-electron chi connectivity index (χ4n) is 3.36. The molecule has 6 heteroatoms. The van der Waals surface area contributed by atoms with Gasteiger partial charge in [-0.15, -0.1) is 0 Å². The molecule has 0 spiro atoms. The molecule has 0 radical (unpaired) electrons. The van der Waals surface area contributed by atoms with Crippen molar-refractivity contribution in [1.29, 1.82) is 5.26 Å². The number of nitriles is 1. The zero-order valence-corrected chi connectivity index (χ0v) is 18.8. The highest BCUT2D eigenvalue weighted by Crippen LogP contribution is 2.23. The second-order valence-corrected chi connectivity index (χ2v) is 7.98. The number of ether oxygens (including phenoxy) is 1. The van der Waals surface area contributed by atoms with E-state index in [-0.39, 0.29) is 12.5 Å². The second kappa shape index (κ2) is 9.41. The van der Waals surface area contributed by atoms with Crippen molar-refractivity contribution in [3.63, 3.8) is 0 Å². The van der Waals surface area contributed by atoms with Crippen molar-refractivity contribution in [3.8, 4) is 11.8 Å². The van der Waals surface area contributed by atoms with Crippen LogP contribution in [0.2, 0.25) is 0 Å². The molecule has 0 saturated carbocycles. The summed E-state index contributed by atoms with van der Waals surface area (Å²) < 4.78 is 5.58. The number of aryl methyl sites for hydroxylation is 3. The first-order valence-electron chi connectivity index (χ1n) is 10.6. The Morgan fingerprint density at radius 2 is 1.76 bits per heavy atom. The maximum absolute atomic E-state index is 12.1. The Labute approximate surface area is 192 Å². The molecule has 0 saturated heterocycles. The van der Waals surface area contributed by atoms with Crippen molar-refractivity contribution < 1.29 is 9.53 Å². The Bertz CT molecular complexity index is 1340. The van der Waals surface area contributed by atoms with Crippen LogP contribution < -0.4 is 10.1 Å². The fraction of sp³-hybridized carbons (Fsp3) is 0.148. The maximum atomic E-state index is 12.1. The summed E-state index contributed by atoms with van der Waals surface area (Å²) in [5.74, 6) is 0.870. The van der Waals surface area contributed by atoms with Gasteiger partial charge in [0.1, 0.15) is 17.6 Å². The van der Waals surface area contributed by atoms with E-state index in [0.717, 1.165) is 33.4 Å². The molecule has 0 aliphatic rings. The second-order valence-electron chi connectivity index (χ2n) is 7.98. The number of carbonyl (C=O) groups is 1. The third-order valence-electron chi connectivity index (χ3n) is 5.37. The van der Waals surface area contributed by atoms with Gasteiger partial charge in [-0.25, -0.2) is 4.98 Å². The summed E-state index contributed by atoms with van der Waals surface area (Å²) in [5.41, 5.74) is 7.19. The van der Waals surface area contributed by atoms with Crippen LogP contribution in [0.5, 0.6) is 5.75 Å². The lowest BCUT2D eigenvalue weighted by Gasteiger charge is -2.08. The Morgan fingerprint density at radius 1 is 1.06 bits per heavy atom. The molecule has 33 heavy (non-hydrogen) atoms. The maximum Gasteiger partial charge on any atom is 0.262 e. The van der Waals surface area contributed by atoms with Crippen LogP contribution >= 0.6 is 0 Å². The van der Waals surface area contributed by atoms with Crippen molar-refractivity contribution >= 4 is 34.3 Å². The van der Waals surface area contributed by atoms with Gasteiger partial charge in [0.15, 0.2) is 6.61 Å². The minimum Gasteiger partial charge on any atom is -0.484 e.